The number of carboxylic acids is 1. The largest absolute Gasteiger partial charge is 0.478 e. The summed E-state index contributed by atoms with van der Waals surface area (Å²) in [7, 11) is -2.10. The minimum absolute atomic E-state index is 0.0420. The maximum absolute atomic E-state index is 12.4. The Morgan fingerprint density at radius 3 is 2.50 bits per heavy atom. The lowest BCUT2D eigenvalue weighted by atomic mass is 10.1. The number of sulfonamides is 1. The molecule has 0 aliphatic rings. The Balaban J connectivity index is 3.13. The number of rotatable bonds is 6. The van der Waals surface area contributed by atoms with Crippen molar-refractivity contribution in [2.75, 3.05) is 13.6 Å². The number of aromatic carboxylic acids is 1. The fourth-order valence-electron chi connectivity index (χ4n) is 1.68. The van der Waals surface area contributed by atoms with Crippen LogP contribution in [0.2, 0.25) is 0 Å². The Labute approximate surface area is 127 Å². The quantitative estimate of drug-likeness (QED) is 0.842. The Bertz CT molecular complexity index is 600. The van der Waals surface area contributed by atoms with E-state index < -0.39 is 16.0 Å². The number of carbonyl (C=O) groups is 1. The third-order valence-corrected chi connectivity index (χ3v) is 5.93. The molecule has 1 atom stereocenters. The van der Waals surface area contributed by atoms with E-state index in [1.165, 1.54) is 29.6 Å². The van der Waals surface area contributed by atoms with Crippen LogP contribution in [0.5, 0.6) is 0 Å². The molecular formula is C13H18BrNO4S. The van der Waals surface area contributed by atoms with Gasteiger partial charge in [-0.2, -0.15) is 0 Å². The highest BCUT2D eigenvalue weighted by atomic mass is 79.9. The predicted molar refractivity (Wildman–Crippen MR) is 80.4 cm³/mol. The average molecular weight is 364 g/mol. The van der Waals surface area contributed by atoms with Gasteiger partial charge in [-0.1, -0.05) is 20.3 Å². The first-order chi connectivity index (χ1) is 9.20. The second-order valence-corrected chi connectivity index (χ2v) is 7.62. The zero-order valence-corrected chi connectivity index (χ0v) is 14.0. The molecule has 20 heavy (non-hydrogen) atoms. The molecule has 5 nitrogen and oxygen atoms in total. The average Bonchev–Trinajstić information content (AvgIpc) is 2.37. The molecule has 0 aliphatic heterocycles. The van der Waals surface area contributed by atoms with Crippen LogP contribution in [0.3, 0.4) is 0 Å². The van der Waals surface area contributed by atoms with Crippen molar-refractivity contribution >= 4 is 31.9 Å². The Hall–Kier alpha value is -0.920. The van der Waals surface area contributed by atoms with Crippen LogP contribution in [0.25, 0.3) is 0 Å². The highest BCUT2D eigenvalue weighted by molar-refractivity contribution is 9.10. The predicted octanol–water partition coefficient (Wildman–Crippen LogP) is 2.81. The molecule has 0 heterocycles. The van der Waals surface area contributed by atoms with Crippen molar-refractivity contribution in [3.8, 4) is 0 Å². The van der Waals surface area contributed by atoms with Crippen LogP contribution < -0.4 is 0 Å². The van der Waals surface area contributed by atoms with Crippen LogP contribution in [-0.2, 0) is 10.0 Å². The van der Waals surface area contributed by atoms with E-state index in [1.54, 1.807) is 0 Å². The van der Waals surface area contributed by atoms with E-state index in [1.807, 2.05) is 13.8 Å². The van der Waals surface area contributed by atoms with Crippen molar-refractivity contribution in [1.29, 1.82) is 0 Å². The molecule has 0 spiro atoms. The smallest absolute Gasteiger partial charge is 0.335 e. The molecule has 0 fully saturated rings. The number of benzene rings is 1. The molecule has 0 amide bonds. The van der Waals surface area contributed by atoms with Gasteiger partial charge in [-0.15, -0.1) is 0 Å². The summed E-state index contributed by atoms with van der Waals surface area (Å²) in [5.41, 5.74) is 0.0420. The highest BCUT2D eigenvalue weighted by Crippen LogP contribution is 2.26. The van der Waals surface area contributed by atoms with Crippen molar-refractivity contribution in [2.24, 2.45) is 5.92 Å². The summed E-state index contributed by atoms with van der Waals surface area (Å²) in [6.07, 6.45) is 0.888. The molecule has 1 unspecified atom stereocenters. The second-order valence-electron chi connectivity index (χ2n) is 4.75. The Morgan fingerprint density at radius 1 is 1.45 bits per heavy atom. The van der Waals surface area contributed by atoms with Crippen LogP contribution in [0, 0.1) is 5.92 Å². The Morgan fingerprint density at radius 2 is 2.05 bits per heavy atom. The van der Waals surface area contributed by atoms with Gasteiger partial charge in [0.15, 0.2) is 0 Å². The molecule has 0 aliphatic carbocycles. The second kappa shape index (κ2) is 6.69. The first kappa shape index (κ1) is 17.1. The molecule has 112 valence electrons. The zero-order chi connectivity index (χ0) is 15.5. The third-order valence-electron chi connectivity index (χ3n) is 3.13. The Kier molecular flexibility index (Phi) is 5.73. The van der Waals surface area contributed by atoms with Crippen molar-refractivity contribution in [1.82, 2.24) is 4.31 Å². The SMILES string of the molecule is CCC(C)CN(C)S(=O)(=O)c1ccc(C(=O)O)cc1Br. The third kappa shape index (κ3) is 3.80. The molecule has 1 aromatic rings. The minimum Gasteiger partial charge on any atom is -0.478 e. The van der Waals surface area contributed by atoms with Gasteiger partial charge in [0.25, 0.3) is 0 Å². The lowest BCUT2D eigenvalue weighted by Gasteiger charge is -2.21. The van der Waals surface area contributed by atoms with Crippen LogP contribution in [0.4, 0.5) is 0 Å². The van der Waals surface area contributed by atoms with Crippen LogP contribution in [0.15, 0.2) is 27.6 Å². The van der Waals surface area contributed by atoms with Crippen molar-refractivity contribution in [3.63, 3.8) is 0 Å². The summed E-state index contributed by atoms with van der Waals surface area (Å²) >= 11 is 3.13. The van der Waals surface area contributed by atoms with E-state index in [2.05, 4.69) is 15.9 Å². The molecular weight excluding hydrogens is 346 g/mol. The van der Waals surface area contributed by atoms with Gasteiger partial charge in [-0.25, -0.2) is 17.5 Å². The molecule has 1 N–H and O–H groups in total. The molecule has 0 saturated heterocycles. The standard InChI is InChI=1S/C13H18BrNO4S/c1-4-9(2)8-15(3)20(18,19)12-6-5-10(13(16)17)7-11(12)14/h5-7,9H,4,8H2,1-3H3,(H,16,17). The van der Waals surface area contributed by atoms with Crippen LogP contribution in [-0.4, -0.2) is 37.4 Å². The van der Waals surface area contributed by atoms with Crippen LogP contribution >= 0.6 is 15.9 Å². The lowest BCUT2D eigenvalue weighted by Crippen LogP contribution is -2.31. The minimum atomic E-state index is -3.62. The number of hydrogen-bond acceptors (Lipinski definition) is 3. The topological polar surface area (TPSA) is 74.7 Å². The maximum Gasteiger partial charge on any atom is 0.335 e. The number of hydrogen-bond donors (Lipinski definition) is 1. The monoisotopic (exact) mass is 363 g/mol. The fraction of sp³-hybridized carbons (Fsp3) is 0.462. The fourth-order valence-corrected chi connectivity index (χ4v) is 4.00. The number of carboxylic acid groups (broad SMARTS) is 1. The van der Waals surface area contributed by atoms with Gasteiger partial charge >= 0.3 is 5.97 Å². The lowest BCUT2D eigenvalue weighted by molar-refractivity contribution is 0.0696. The van der Waals surface area contributed by atoms with E-state index in [0.29, 0.717) is 6.54 Å². The molecule has 0 bridgehead atoms. The van der Waals surface area contributed by atoms with Gasteiger partial charge in [0.05, 0.1) is 10.5 Å². The van der Waals surface area contributed by atoms with Gasteiger partial charge in [-0.05, 0) is 40.0 Å². The van der Waals surface area contributed by atoms with E-state index in [0.717, 1.165) is 6.42 Å². The van der Waals surface area contributed by atoms with Gasteiger partial charge in [0, 0.05) is 18.1 Å². The van der Waals surface area contributed by atoms with E-state index in [9.17, 15) is 13.2 Å². The summed E-state index contributed by atoms with van der Waals surface area (Å²) < 4.78 is 26.4. The summed E-state index contributed by atoms with van der Waals surface area (Å²) in [4.78, 5) is 10.9. The maximum atomic E-state index is 12.4. The van der Waals surface area contributed by atoms with Crippen molar-refractivity contribution < 1.29 is 18.3 Å². The zero-order valence-electron chi connectivity index (χ0n) is 11.6. The normalized spacial score (nSPS) is 13.4. The molecule has 0 radical (unpaired) electrons. The number of nitrogens with zero attached hydrogens (tertiary/aromatic N) is 1. The molecule has 0 aromatic heterocycles. The van der Waals surface area contributed by atoms with Gasteiger partial charge in [0.2, 0.25) is 10.0 Å². The highest BCUT2D eigenvalue weighted by Gasteiger charge is 2.25. The first-order valence-corrected chi connectivity index (χ1v) is 8.42. The van der Waals surface area contributed by atoms with E-state index in [-0.39, 0.29) is 20.8 Å². The van der Waals surface area contributed by atoms with Crippen LogP contribution in [0.1, 0.15) is 30.6 Å². The summed E-state index contributed by atoms with van der Waals surface area (Å²) in [6, 6.07) is 3.90. The van der Waals surface area contributed by atoms with E-state index >= 15 is 0 Å². The van der Waals surface area contributed by atoms with Gasteiger partial charge in [0.1, 0.15) is 0 Å². The van der Waals surface area contributed by atoms with Crippen molar-refractivity contribution in [2.45, 2.75) is 25.2 Å². The summed E-state index contributed by atoms with van der Waals surface area (Å²) in [5, 5.41) is 8.88. The summed E-state index contributed by atoms with van der Waals surface area (Å²) in [5.74, 6) is -0.838. The summed E-state index contributed by atoms with van der Waals surface area (Å²) in [6.45, 7) is 4.41. The first-order valence-electron chi connectivity index (χ1n) is 6.19. The number of halogens is 1. The molecule has 7 heteroatoms. The molecule has 1 rings (SSSR count). The molecule has 0 saturated carbocycles. The van der Waals surface area contributed by atoms with Gasteiger partial charge in [-0.3, -0.25) is 0 Å². The van der Waals surface area contributed by atoms with Gasteiger partial charge < -0.3 is 5.11 Å². The van der Waals surface area contributed by atoms with Crippen molar-refractivity contribution in [3.05, 3.63) is 28.2 Å². The molecule has 1 aromatic carbocycles. The van der Waals surface area contributed by atoms with E-state index in [4.69, 9.17) is 5.11 Å².